The summed E-state index contributed by atoms with van der Waals surface area (Å²) < 4.78 is 7.54. The van der Waals surface area contributed by atoms with Crippen molar-refractivity contribution in [1.29, 1.82) is 5.26 Å². The summed E-state index contributed by atoms with van der Waals surface area (Å²) >= 11 is 0. The van der Waals surface area contributed by atoms with Crippen molar-refractivity contribution in [2.45, 2.75) is 19.8 Å². The molecule has 0 spiro atoms. The first-order valence-corrected chi connectivity index (χ1v) is 11.4. The highest BCUT2D eigenvalue weighted by atomic mass is 16.5. The highest BCUT2D eigenvalue weighted by Crippen LogP contribution is 2.33. The smallest absolute Gasteiger partial charge is 0.224 e. The van der Waals surface area contributed by atoms with E-state index in [4.69, 9.17) is 4.74 Å². The third-order valence-corrected chi connectivity index (χ3v) is 5.56. The number of anilines is 3. The first-order valence-electron chi connectivity index (χ1n) is 11.4. The van der Waals surface area contributed by atoms with Gasteiger partial charge in [0.1, 0.15) is 17.6 Å². The molecular formula is C27H28N6O2. The average molecular weight is 469 g/mol. The Morgan fingerprint density at radius 3 is 2.51 bits per heavy atom. The minimum Gasteiger partial charge on any atom is -0.457 e. The largest absolute Gasteiger partial charge is 0.457 e. The topological polar surface area (TPSA) is 94.7 Å². The number of fused-ring (bicyclic) bond motifs is 1. The number of para-hydroxylation sites is 1. The van der Waals surface area contributed by atoms with Crippen LogP contribution in [0.5, 0.6) is 11.5 Å². The molecule has 8 nitrogen and oxygen atoms in total. The molecule has 178 valence electrons. The Hall–Kier alpha value is -4.35. The lowest BCUT2D eigenvalue weighted by Gasteiger charge is -2.12. The van der Waals surface area contributed by atoms with Crippen molar-refractivity contribution in [3.63, 3.8) is 0 Å². The molecule has 8 heteroatoms. The van der Waals surface area contributed by atoms with Gasteiger partial charge in [-0.2, -0.15) is 10.4 Å². The second kappa shape index (κ2) is 10.7. The van der Waals surface area contributed by atoms with Crippen molar-refractivity contribution < 1.29 is 9.53 Å². The summed E-state index contributed by atoms with van der Waals surface area (Å²) in [4.78, 5) is 14.5. The molecule has 2 aromatic carbocycles. The summed E-state index contributed by atoms with van der Waals surface area (Å²) in [6.07, 6.45) is 4.50. The molecule has 0 saturated carbocycles. The molecule has 0 aliphatic heterocycles. The Kier molecular flexibility index (Phi) is 7.29. The Morgan fingerprint density at radius 2 is 1.83 bits per heavy atom. The van der Waals surface area contributed by atoms with Crippen LogP contribution in [-0.4, -0.2) is 41.1 Å². The van der Waals surface area contributed by atoms with Crippen molar-refractivity contribution >= 4 is 28.5 Å². The van der Waals surface area contributed by atoms with E-state index < -0.39 is 0 Å². The minimum absolute atomic E-state index is 0.0464. The quantitative estimate of drug-likeness (QED) is 0.345. The van der Waals surface area contributed by atoms with Gasteiger partial charge in [0.25, 0.3) is 0 Å². The van der Waals surface area contributed by atoms with Gasteiger partial charge < -0.3 is 20.3 Å². The molecule has 2 aromatic heterocycles. The van der Waals surface area contributed by atoms with Gasteiger partial charge in [-0.15, -0.1) is 0 Å². The Morgan fingerprint density at radius 1 is 1.11 bits per heavy atom. The summed E-state index contributed by atoms with van der Waals surface area (Å²) in [6, 6.07) is 19.3. The first kappa shape index (κ1) is 23.8. The summed E-state index contributed by atoms with van der Waals surface area (Å²) in [6.45, 7) is 2.76. The van der Waals surface area contributed by atoms with Crippen molar-refractivity contribution in [3.05, 3.63) is 78.1 Å². The first-order chi connectivity index (χ1) is 16.9. The molecule has 4 aromatic rings. The van der Waals surface area contributed by atoms with Crippen molar-refractivity contribution in [3.8, 4) is 17.6 Å². The number of aryl methyl sites for hydroxylation is 1. The third kappa shape index (κ3) is 5.78. The molecule has 4 rings (SSSR count). The predicted octanol–water partition coefficient (Wildman–Crippen LogP) is 5.33. The van der Waals surface area contributed by atoms with Crippen molar-refractivity contribution in [2.75, 3.05) is 31.3 Å². The zero-order chi connectivity index (χ0) is 24.8. The maximum Gasteiger partial charge on any atom is 0.224 e. The van der Waals surface area contributed by atoms with E-state index in [0.29, 0.717) is 29.1 Å². The second-order valence-electron chi connectivity index (χ2n) is 8.53. The van der Waals surface area contributed by atoms with Crippen LogP contribution in [0, 0.1) is 18.3 Å². The number of carbonyl (C=O) groups is 1. The van der Waals surface area contributed by atoms with Gasteiger partial charge in [0, 0.05) is 17.7 Å². The fraction of sp³-hybridized carbons (Fsp3) is 0.222. The van der Waals surface area contributed by atoms with Crippen LogP contribution in [0.2, 0.25) is 0 Å². The summed E-state index contributed by atoms with van der Waals surface area (Å²) in [7, 11) is 3.97. The molecular weight excluding hydrogens is 440 g/mol. The van der Waals surface area contributed by atoms with Crippen LogP contribution in [0.25, 0.3) is 5.52 Å². The van der Waals surface area contributed by atoms with Gasteiger partial charge in [0.2, 0.25) is 5.91 Å². The molecule has 0 bridgehead atoms. The average Bonchev–Trinajstić information content (AvgIpc) is 3.16. The molecule has 35 heavy (non-hydrogen) atoms. The zero-order valence-corrected chi connectivity index (χ0v) is 20.1. The van der Waals surface area contributed by atoms with Crippen LogP contribution in [-0.2, 0) is 4.79 Å². The Balaban J connectivity index is 1.56. The Bertz CT molecular complexity index is 1350. The van der Waals surface area contributed by atoms with Crippen LogP contribution >= 0.6 is 0 Å². The third-order valence-electron chi connectivity index (χ3n) is 5.56. The summed E-state index contributed by atoms with van der Waals surface area (Å²) in [5.74, 6) is 1.42. The lowest BCUT2D eigenvalue weighted by molar-refractivity contribution is -0.116. The van der Waals surface area contributed by atoms with Gasteiger partial charge in [-0.25, -0.2) is 4.52 Å². The maximum atomic E-state index is 12.4. The highest BCUT2D eigenvalue weighted by Gasteiger charge is 2.17. The van der Waals surface area contributed by atoms with Crippen molar-refractivity contribution in [2.24, 2.45) is 0 Å². The van der Waals surface area contributed by atoms with E-state index in [1.165, 1.54) is 6.20 Å². The lowest BCUT2D eigenvalue weighted by atomic mass is 10.1. The highest BCUT2D eigenvalue weighted by molar-refractivity contribution is 5.95. The zero-order valence-electron chi connectivity index (χ0n) is 20.1. The van der Waals surface area contributed by atoms with E-state index in [9.17, 15) is 10.1 Å². The monoisotopic (exact) mass is 468 g/mol. The molecule has 0 unspecified atom stereocenters. The standard InChI is InChI=1S/C27H28N6O2/c1-19-24(31-25(34)10-7-15-32(2)3)18-33-27(19)26(20(16-28)17-29-33)30-21-11-13-23(14-12-21)35-22-8-5-4-6-9-22/h4-6,8-9,11-14,17-18,30H,7,10,15H2,1-3H3,(H,31,34). The molecule has 2 heterocycles. The second-order valence-corrected chi connectivity index (χ2v) is 8.53. The van der Waals surface area contributed by atoms with Gasteiger partial charge >= 0.3 is 0 Å². The van der Waals surface area contributed by atoms with Crippen LogP contribution < -0.4 is 15.4 Å². The van der Waals surface area contributed by atoms with E-state index >= 15 is 0 Å². The normalized spacial score (nSPS) is 10.8. The number of hydrogen-bond acceptors (Lipinski definition) is 6. The maximum absolute atomic E-state index is 12.4. The van der Waals surface area contributed by atoms with Gasteiger partial charge in [-0.3, -0.25) is 4.79 Å². The molecule has 0 radical (unpaired) electrons. The molecule has 2 N–H and O–H groups in total. The molecule has 0 fully saturated rings. The van der Waals surface area contributed by atoms with Crippen LogP contribution in [0.1, 0.15) is 24.0 Å². The van der Waals surface area contributed by atoms with Gasteiger partial charge in [0.05, 0.1) is 34.8 Å². The number of aromatic nitrogens is 2. The number of carbonyl (C=O) groups excluding carboxylic acids is 1. The fourth-order valence-corrected chi connectivity index (χ4v) is 3.77. The van der Waals surface area contributed by atoms with E-state index in [-0.39, 0.29) is 5.91 Å². The number of nitriles is 1. The van der Waals surface area contributed by atoms with E-state index in [0.717, 1.165) is 35.5 Å². The molecule has 0 saturated heterocycles. The number of benzene rings is 2. The summed E-state index contributed by atoms with van der Waals surface area (Å²) in [5.41, 5.74) is 4.08. The number of ether oxygens (including phenoxy) is 1. The van der Waals surface area contributed by atoms with Gasteiger partial charge in [-0.05, 0) is 70.4 Å². The van der Waals surface area contributed by atoms with E-state index in [2.05, 4.69) is 26.7 Å². The Labute approximate surface area is 204 Å². The summed E-state index contributed by atoms with van der Waals surface area (Å²) in [5, 5.41) is 20.4. The van der Waals surface area contributed by atoms with Crippen LogP contribution in [0.3, 0.4) is 0 Å². The van der Waals surface area contributed by atoms with Crippen LogP contribution in [0.15, 0.2) is 67.0 Å². The molecule has 1 amide bonds. The van der Waals surface area contributed by atoms with Gasteiger partial charge in [-0.1, -0.05) is 18.2 Å². The number of hydrogen-bond donors (Lipinski definition) is 2. The predicted molar refractivity (Wildman–Crippen MR) is 137 cm³/mol. The van der Waals surface area contributed by atoms with E-state index in [1.54, 1.807) is 10.7 Å². The number of amides is 1. The lowest BCUT2D eigenvalue weighted by Crippen LogP contribution is -2.17. The van der Waals surface area contributed by atoms with Crippen LogP contribution in [0.4, 0.5) is 17.1 Å². The number of rotatable bonds is 9. The van der Waals surface area contributed by atoms with Crippen molar-refractivity contribution in [1.82, 2.24) is 14.5 Å². The molecule has 0 aliphatic rings. The fourth-order valence-electron chi connectivity index (χ4n) is 3.77. The molecule has 0 atom stereocenters. The SMILES string of the molecule is Cc1c(NC(=O)CCCN(C)C)cn2ncc(C#N)c(Nc3ccc(Oc4ccccc4)cc3)c12. The number of nitrogens with zero attached hydrogens (tertiary/aromatic N) is 4. The molecule has 0 aliphatic carbocycles. The minimum atomic E-state index is -0.0464. The number of nitrogens with one attached hydrogen (secondary N) is 2. The van der Waals surface area contributed by atoms with Gasteiger partial charge in [0.15, 0.2) is 0 Å². The van der Waals surface area contributed by atoms with E-state index in [1.807, 2.05) is 75.6 Å².